The largest absolute Gasteiger partial charge is 0.493 e. The fraction of sp³-hybridized carbons (Fsp3) is 0.484. The molecule has 1 atom stereocenters. The van der Waals surface area contributed by atoms with E-state index in [0.717, 1.165) is 72.7 Å². The SMILES string of the molecule is COC(=O)C(C)c1c(C)nc2cc3nn2c1N1CCC(C)(CC1)OCCCCOc1ccccc1Cc1cnn-3c1. The van der Waals surface area contributed by atoms with Gasteiger partial charge < -0.3 is 19.1 Å². The van der Waals surface area contributed by atoms with E-state index >= 15 is 0 Å². The van der Waals surface area contributed by atoms with Crippen molar-refractivity contribution in [3.63, 3.8) is 0 Å². The summed E-state index contributed by atoms with van der Waals surface area (Å²) in [5, 5.41) is 9.62. The highest BCUT2D eigenvalue weighted by Gasteiger charge is 2.35. The molecule has 1 aromatic carbocycles. The molecule has 1 saturated heterocycles. The summed E-state index contributed by atoms with van der Waals surface area (Å²) in [7, 11) is 1.42. The highest BCUT2D eigenvalue weighted by Crippen LogP contribution is 2.36. The Morgan fingerprint density at radius 2 is 1.93 bits per heavy atom. The first kappa shape index (κ1) is 27.3. The number of anilines is 1. The summed E-state index contributed by atoms with van der Waals surface area (Å²) in [6, 6.07) is 10.1. The van der Waals surface area contributed by atoms with E-state index in [-0.39, 0.29) is 11.6 Å². The van der Waals surface area contributed by atoms with Crippen LogP contribution < -0.4 is 9.64 Å². The lowest BCUT2D eigenvalue weighted by Gasteiger charge is -2.41. The molecule has 3 aliphatic heterocycles. The Morgan fingerprint density at radius 3 is 2.73 bits per heavy atom. The van der Waals surface area contributed by atoms with Gasteiger partial charge in [-0.05, 0) is 63.6 Å². The van der Waals surface area contributed by atoms with Crippen molar-refractivity contribution >= 4 is 17.4 Å². The predicted octanol–water partition coefficient (Wildman–Crippen LogP) is 4.64. The number of para-hydroxylation sites is 1. The van der Waals surface area contributed by atoms with E-state index < -0.39 is 5.92 Å². The van der Waals surface area contributed by atoms with Crippen LogP contribution in [0.25, 0.3) is 11.5 Å². The molecule has 0 radical (unpaired) electrons. The van der Waals surface area contributed by atoms with Crippen LogP contribution in [0.4, 0.5) is 5.82 Å². The number of hydrogen-bond donors (Lipinski definition) is 0. The standard InChI is InChI=1S/C31H38N6O4/c1-21(30(38)39-4)28-22(2)33-26-18-27-34-37(26)29(28)35-13-11-31(3,12-14-35)41-16-8-7-15-40-25-10-6-5-9-24(25)17-23-19-32-36(27)20-23/h5-6,9-10,18-21H,7-8,11-17H2,1-4H3. The van der Waals surface area contributed by atoms with Gasteiger partial charge in [0, 0.05) is 49.6 Å². The number of rotatable bonds is 2. The van der Waals surface area contributed by atoms with E-state index in [9.17, 15) is 4.79 Å². The lowest BCUT2D eigenvalue weighted by atomic mass is 9.92. The lowest BCUT2D eigenvalue weighted by Crippen LogP contribution is -2.45. The van der Waals surface area contributed by atoms with Crippen LogP contribution in [0, 0.1) is 6.92 Å². The van der Waals surface area contributed by atoms with Crippen molar-refractivity contribution in [2.45, 2.75) is 64.4 Å². The molecule has 3 aliphatic rings. The number of benzene rings is 1. The zero-order valence-electron chi connectivity index (χ0n) is 24.3. The average Bonchev–Trinajstić information content (AvgIpc) is 3.61. The molecule has 0 aliphatic carbocycles. The number of nitrogens with zero attached hydrogens (tertiary/aromatic N) is 6. The second kappa shape index (κ2) is 11.2. The molecule has 10 heteroatoms. The van der Waals surface area contributed by atoms with Gasteiger partial charge in [0.2, 0.25) is 0 Å². The zero-order valence-corrected chi connectivity index (χ0v) is 24.3. The summed E-state index contributed by atoms with van der Waals surface area (Å²) in [6.07, 6.45) is 8.17. The van der Waals surface area contributed by atoms with Crippen LogP contribution in [-0.2, 0) is 20.7 Å². The number of fused-ring (bicyclic) bond motifs is 7. The number of ether oxygens (including phenoxy) is 3. The van der Waals surface area contributed by atoms with Crippen LogP contribution >= 0.6 is 0 Å². The van der Waals surface area contributed by atoms with Gasteiger partial charge in [0.1, 0.15) is 11.6 Å². The molecule has 0 amide bonds. The minimum absolute atomic E-state index is 0.207. The third-order valence-corrected chi connectivity index (χ3v) is 8.38. The van der Waals surface area contributed by atoms with Crippen LogP contribution in [0.3, 0.4) is 0 Å². The number of hydrogen-bond acceptors (Lipinski definition) is 8. The van der Waals surface area contributed by atoms with E-state index in [1.807, 2.05) is 55.0 Å². The first-order valence-corrected chi connectivity index (χ1v) is 14.5. The Bertz CT molecular complexity index is 1550. The van der Waals surface area contributed by atoms with Crippen LogP contribution in [0.1, 0.15) is 67.8 Å². The monoisotopic (exact) mass is 558 g/mol. The third kappa shape index (κ3) is 5.40. The maximum Gasteiger partial charge on any atom is 0.313 e. The van der Waals surface area contributed by atoms with Crippen LogP contribution in [-0.4, -0.2) is 69.4 Å². The first-order valence-electron chi connectivity index (χ1n) is 14.5. The Morgan fingerprint density at radius 1 is 1.15 bits per heavy atom. The predicted molar refractivity (Wildman–Crippen MR) is 155 cm³/mol. The summed E-state index contributed by atoms with van der Waals surface area (Å²) >= 11 is 0. The molecule has 0 N–H and O–H groups in total. The van der Waals surface area contributed by atoms with Gasteiger partial charge in [-0.2, -0.15) is 9.61 Å². The van der Waals surface area contributed by atoms with Gasteiger partial charge in [0.15, 0.2) is 11.5 Å². The van der Waals surface area contributed by atoms with E-state index in [1.54, 1.807) is 4.68 Å². The number of methoxy groups -OCH3 is 1. The molecule has 0 saturated carbocycles. The molecule has 41 heavy (non-hydrogen) atoms. The Balaban J connectivity index is 1.45. The third-order valence-electron chi connectivity index (χ3n) is 8.38. The van der Waals surface area contributed by atoms with Gasteiger partial charge in [0.25, 0.3) is 0 Å². The molecule has 4 aromatic rings. The van der Waals surface area contributed by atoms with Gasteiger partial charge in [-0.15, -0.1) is 5.10 Å². The minimum Gasteiger partial charge on any atom is -0.493 e. The van der Waals surface area contributed by atoms with Crippen molar-refractivity contribution < 1.29 is 19.0 Å². The topological polar surface area (TPSA) is 96.0 Å². The second-order valence-corrected chi connectivity index (χ2v) is 11.4. The summed E-state index contributed by atoms with van der Waals surface area (Å²) in [4.78, 5) is 19.9. The highest BCUT2D eigenvalue weighted by atomic mass is 16.5. The fourth-order valence-electron chi connectivity index (χ4n) is 5.95. The molecule has 0 spiro atoms. The number of aromatic nitrogens is 5. The van der Waals surface area contributed by atoms with Crippen molar-refractivity contribution in [1.29, 1.82) is 0 Å². The quantitative estimate of drug-likeness (QED) is 0.329. The number of piperidine rings is 1. The van der Waals surface area contributed by atoms with Gasteiger partial charge in [-0.25, -0.2) is 9.67 Å². The summed E-state index contributed by atoms with van der Waals surface area (Å²) in [5.41, 5.74) is 4.30. The molecule has 1 fully saturated rings. The lowest BCUT2D eigenvalue weighted by molar-refractivity contribution is -0.142. The molecule has 1 unspecified atom stereocenters. The number of aryl methyl sites for hydroxylation is 1. The van der Waals surface area contributed by atoms with E-state index in [2.05, 4.69) is 23.0 Å². The van der Waals surface area contributed by atoms with Crippen molar-refractivity contribution in [2.24, 2.45) is 0 Å². The first-order chi connectivity index (χ1) is 19.8. The Hall–Kier alpha value is -3.92. The highest BCUT2D eigenvalue weighted by molar-refractivity contribution is 5.81. The van der Waals surface area contributed by atoms with Gasteiger partial charge >= 0.3 is 5.97 Å². The number of carbonyl (C=O) groups excluding carboxylic acids is 1. The molecule has 216 valence electrons. The second-order valence-electron chi connectivity index (χ2n) is 11.4. The molecule has 7 rings (SSSR count). The molecular weight excluding hydrogens is 520 g/mol. The van der Waals surface area contributed by atoms with Crippen LogP contribution in [0.5, 0.6) is 5.75 Å². The smallest absolute Gasteiger partial charge is 0.313 e. The maximum absolute atomic E-state index is 12.8. The summed E-state index contributed by atoms with van der Waals surface area (Å²) < 4.78 is 21.4. The number of carbonyl (C=O) groups is 1. The number of esters is 1. The molecule has 3 aromatic heterocycles. The zero-order chi connectivity index (χ0) is 28.6. The van der Waals surface area contributed by atoms with Crippen molar-refractivity contribution in [3.05, 3.63) is 65.1 Å². The van der Waals surface area contributed by atoms with E-state index in [4.69, 9.17) is 24.3 Å². The van der Waals surface area contributed by atoms with Crippen molar-refractivity contribution in [2.75, 3.05) is 38.3 Å². The van der Waals surface area contributed by atoms with Crippen LogP contribution in [0.15, 0.2) is 42.7 Å². The van der Waals surface area contributed by atoms with Crippen molar-refractivity contribution in [1.82, 2.24) is 24.4 Å². The van der Waals surface area contributed by atoms with E-state index in [0.29, 0.717) is 31.1 Å². The minimum atomic E-state index is -0.492. The molecule has 6 heterocycles. The molecule has 6 bridgehead atoms. The molecule has 10 nitrogen and oxygen atoms in total. The van der Waals surface area contributed by atoms with Crippen molar-refractivity contribution in [3.8, 4) is 11.6 Å². The fourth-order valence-corrected chi connectivity index (χ4v) is 5.95. The van der Waals surface area contributed by atoms with Crippen LogP contribution in [0.2, 0.25) is 0 Å². The normalized spacial score (nSPS) is 18.1. The van der Waals surface area contributed by atoms with Gasteiger partial charge in [0.05, 0.1) is 31.4 Å². The maximum atomic E-state index is 12.8. The molecular formula is C31H38N6O4. The van der Waals surface area contributed by atoms with E-state index in [1.165, 1.54) is 7.11 Å². The van der Waals surface area contributed by atoms with Gasteiger partial charge in [-0.1, -0.05) is 18.2 Å². The average molecular weight is 559 g/mol. The summed E-state index contributed by atoms with van der Waals surface area (Å²) in [5.74, 6) is 1.66. The van der Waals surface area contributed by atoms with Gasteiger partial charge in [-0.3, -0.25) is 4.79 Å². The summed E-state index contributed by atoms with van der Waals surface area (Å²) in [6.45, 7) is 8.93. The Kier molecular flexibility index (Phi) is 7.42. The Labute approximate surface area is 240 Å².